The Hall–Kier alpha value is -1.53. The Labute approximate surface area is 121 Å². The molecule has 19 heavy (non-hydrogen) atoms. The lowest BCUT2D eigenvalue weighted by molar-refractivity contribution is 0.412. The van der Waals surface area contributed by atoms with Gasteiger partial charge in [0.05, 0.1) is 6.54 Å². The van der Waals surface area contributed by atoms with Crippen LogP contribution in [0.15, 0.2) is 39.9 Å². The summed E-state index contributed by atoms with van der Waals surface area (Å²) in [6, 6.07) is 7.81. The molecule has 0 bridgehead atoms. The van der Waals surface area contributed by atoms with Gasteiger partial charge in [-0.3, -0.25) is 0 Å². The number of thiocarbonyl (C=S) groups is 1. The van der Waals surface area contributed by atoms with Crippen molar-refractivity contribution in [3.63, 3.8) is 0 Å². The Morgan fingerprint density at radius 3 is 2.95 bits per heavy atom. The van der Waals surface area contributed by atoms with E-state index < -0.39 is 0 Å². The van der Waals surface area contributed by atoms with Gasteiger partial charge < -0.3 is 15.6 Å². The average Bonchev–Trinajstić information content (AvgIpc) is 2.89. The van der Waals surface area contributed by atoms with Crippen molar-refractivity contribution in [2.45, 2.75) is 18.4 Å². The normalized spacial score (nSPS) is 10.4. The molecule has 0 fully saturated rings. The SMILES string of the molecule is CCSc1cccc(NCc2ccon2)c1C(N)=S. The van der Waals surface area contributed by atoms with E-state index in [4.69, 9.17) is 22.5 Å². The van der Waals surface area contributed by atoms with Gasteiger partial charge in [0.2, 0.25) is 0 Å². The number of benzene rings is 1. The summed E-state index contributed by atoms with van der Waals surface area (Å²) in [5.74, 6) is 0.975. The second kappa shape index (κ2) is 6.58. The number of nitrogens with one attached hydrogen (secondary N) is 1. The minimum atomic E-state index is 0.402. The molecule has 6 heteroatoms. The molecule has 0 saturated heterocycles. The number of thioether (sulfide) groups is 1. The third kappa shape index (κ3) is 3.48. The Bertz CT molecular complexity index is 555. The van der Waals surface area contributed by atoms with Crippen LogP contribution in [0, 0.1) is 0 Å². The van der Waals surface area contributed by atoms with E-state index in [0.29, 0.717) is 11.5 Å². The molecule has 0 amide bonds. The number of hydrogen-bond donors (Lipinski definition) is 2. The lowest BCUT2D eigenvalue weighted by atomic mass is 10.1. The first-order chi connectivity index (χ1) is 9.22. The van der Waals surface area contributed by atoms with Crippen LogP contribution in [-0.4, -0.2) is 15.9 Å². The zero-order chi connectivity index (χ0) is 13.7. The first-order valence-corrected chi connectivity index (χ1v) is 7.30. The Morgan fingerprint density at radius 2 is 2.32 bits per heavy atom. The number of nitrogens with zero attached hydrogens (tertiary/aromatic N) is 1. The maximum Gasteiger partial charge on any atom is 0.124 e. The fourth-order valence-electron chi connectivity index (χ4n) is 1.72. The van der Waals surface area contributed by atoms with Crippen LogP contribution in [0.2, 0.25) is 0 Å². The molecule has 0 aliphatic rings. The Kier molecular flexibility index (Phi) is 4.81. The zero-order valence-electron chi connectivity index (χ0n) is 10.6. The third-order valence-electron chi connectivity index (χ3n) is 2.52. The summed E-state index contributed by atoms with van der Waals surface area (Å²) in [5.41, 5.74) is 8.50. The van der Waals surface area contributed by atoms with Crippen LogP contribution in [0.5, 0.6) is 0 Å². The van der Waals surface area contributed by atoms with Crippen LogP contribution in [0.1, 0.15) is 18.2 Å². The summed E-state index contributed by atoms with van der Waals surface area (Å²) in [6.07, 6.45) is 1.55. The summed E-state index contributed by atoms with van der Waals surface area (Å²) >= 11 is 6.88. The van der Waals surface area contributed by atoms with Gasteiger partial charge in [0.25, 0.3) is 0 Å². The van der Waals surface area contributed by atoms with Gasteiger partial charge in [-0.25, -0.2) is 0 Å². The predicted octanol–water partition coefficient (Wildman–Crippen LogP) is 3.03. The molecule has 0 unspecified atom stereocenters. The molecule has 0 radical (unpaired) electrons. The van der Waals surface area contributed by atoms with Crippen LogP contribution in [0.25, 0.3) is 0 Å². The van der Waals surface area contributed by atoms with Crippen LogP contribution in [0.3, 0.4) is 0 Å². The highest BCUT2D eigenvalue weighted by atomic mass is 32.2. The van der Waals surface area contributed by atoms with E-state index in [9.17, 15) is 0 Å². The molecular weight excluding hydrogens is 278 g/mol. The van der Waals surface area contributed by atoms with Crippen molar-refractivity contribution in [1.29, 1.82) is 0 Å². The summed E-state index contributed by atoms with van der Waals surface area (Å²) in [5, 5.41) is 7.15. The number of anilines is 1. The average molecular weight is 293 g/mol. The topological polar surface area (TPSA) is 64.1 Å². The van der Waals surface area contributed by atoms with E-state index in [1.54, 1.807) is 18.0 Å². The van der Waals surface area contributed by atoms with Gasteiger partial charge in [-0.15, -0.1) is 11.8 Å². The lowest BCUT2D eigenvalue weighted by Gasteiger charge is -2.14. The zero-order valence-corrected chi connectivity index (χ0v) is 12.2. The molecule has 1 aromatic heterocycles. The molecule has 2 rings (SSSR count). The number of aromatic nitrogens is 1. The maximum atomic E-state index is 5.84. The van der Waals surface area contributed by atoms with Crippen molar-refractivity contribution in [1.82, 2.24) is 5.16 Å². The van der Waals surface area contributed by atoms with Crippen LogP contribution >= 0.6 is 24.0 Å². The fraction of sp³-hybridized carbons (Fsp3) is 0.231. The van der Waals surface area contributed by atoms with Crippen molar-refractivity contribution in [2.75, 3.05) is 11.1 Å². The summed E-state index contributed by atoms with van der Waals surface area (Å²) in [4.78, 5) is 1.50. The van der Waals surface area contributed by atoms with Crippen LogP contribution in [-0.2, 0) is 6.54 Å². The highest BCUT2D eigenvalue weighted by Gasteiger charge is 2.11. The minimum absolute atomic E-state index is 0.402. The number of nitrogens with two attached hydrogens (primary N) is 1. The molecule has 3 N–H and O–H groups in total. The van der Waals surface area contributed by atoms with E-state index in [-0.39, 0.29) is 0 Å². The highest BCUT2D eigenvalue weighted by Crippen LogP contribution is 2.28. The van der Waals surface area contributed by atoms with Gasteiger partial charge >= 0.3 is 0 Å². The van der Waals surface area contributed by atoms with E-state index in [1.807, 2.05) is 24.3 Å². The largest absolute Gasteiger partial charge is 0.389 e. The predicted molar refractivity (Wildman–Crippen MR) is 82.6 cm³/mol. The molecule has 0 spiro atoms. The van der Waals surface area contributed by atoms with Gasteiger partial charge in [0.1, 0.15) is 16.9 Å². The van der Waals surface area contributed by atoms with Gasteiger partial charge in [-0.1, -0.05) is 30.4 Å². The van der Waals surface area contributed by atoms with E-state index >= 15 is 0 Å². The molecule has 0 saturated carbocycles. The Balaban J connectivity index is 2.23. The third-order valence-corrected chi connectivity index (χ3v) is 3.67. The van der Waals surface area contributed by atoms with Crippen molar-refractivity contribution in [2.24, 2.45) is 5.73 Å². The molecule has 1 heterocycles. The summed E-state index contributed by atoms with van der Waals surface area (Å²) in [6.45, 7) is 2.68. The molecule has 0 aliphatic carbocycles. The van der Waals surface area contributed by atoms with Crippen molar-refractivity contribution >= 4 is 34.7 Å². The first-order valence-electron chi connectivity index (χ1n) is 5.91. The van der Waals surface area contributed by atoms with Crippen molar-refractivity contribution in [3.8, 4) is 0 Å². The quantitative estimate of drug-likeness (QED) is 0.630. The van der Waals surface area contributed by atoms with Crippen molar-refractivity contribution < 1.29 is 4.52 Å². The van der Waals surface area contributed by atoms with E-state index in [2.05, 4.69) is 17.4 Å². The minimum Gasteiger partial charge on any atom is -0.389 e. The van der Waals surface area contributed by atoms with Crippen molar-refractivity contribution in [3.05, 3.63) is 41.8 Å². The smallest absolute Gasteiger partial charge is 0.124 e. The van der Waals surface area contributed by atoms with Crippen LogP contribution in [0.4, 0.5) is 5.69 Å². The molecule has 2 aromatic rings. The monoisotopic (exact) mass is 293 g/mol. The summed E-state index contributed by atoms with van der Waals surface area (Å²) < 4.78 is 4.80. The molecule has 1 aromatic carbocycles. The number of hydrogen-bond acceptors (Lipinski definition) is 5. The molecule has 100 valence electrons. The van der Waals surface area contributed by atoms with Gasteiger partial charge in [-0.05, 0) is 17.9 Å². The lowest BCUT2D eigenvalue weighted by Crippen LogP contribution is -2.14. The fourth-order valence-corrected chi connectivity index (χ4v) is 2.86. The summed E-state index contributed by atoms with van der Waals surface area (Å²) in [7, 11) is 0. The van der Waals surface area contributed by atoms with E-state index in [0.717, 1.165) is 27.6 Å². The molecular formula is C13H15N3OS2. The van der Waals surface area contributed by atoms with E-state index in [1.165, 1.54) is 0 Å². The van der Waals surface area contributed by atoms with Gasteiger partial charge in [-0.2, -0.15) is 0 Å². The molecule has 0 aliphatic heterocycles. The highest BCUT2D eigenvalue weighted by molar-refractivity contribution is 7.99. The second-order valence-corrected chi connectivity index (χ2v) is 5.57. The molecule has 0 atom stereocenters. The molecule has 4 nitrogen and oxygen atoms in total. The van der Waals surface area contributed by atoms with Crippen LogP contribution < -0.4 is 11.1 Å². The second-order valence-electron chi connectivity index (χ2n) is 3.82. The van der Waals surface area contributed by atoms with Gasteiger partial charge in [0.15, 0.2) is 0 Å². The Morgan fingerprint density at radius 1 is 1.47 bits per heavy atom. The van der Waals surface area contributed by atoms with Gasteiger partial charge in [0, 0.05) is 22.2 Å². The standard InChI is InChI=1S/C13H15N3OS2/c1-2-19-11-5-3-4-10(12(11)13(14)18)15-8-9-6-7-17-16-9/h3-7,15H,2,8H2,1H3,(H2,14,18). The maximum absolute atomic E-state index is 5.84. The number of rotatable bonds is 6. The first kappa shape index (κ1) is 13.9.